The van der Waals surface area contributed by atoms with Gasteiger partial charge in [0, 0.05) is 6.54 Å². The third-order valence-corrected chi connectivity index (χ3v) is 3.99. The van der Waals surface area contributed by atoms with Crippen molar-refractivity contribution in [2.75, 3.05) is 5.73 Å². The Morgan fingerprint density at radius 2 is 1.95 bits per heavy atom. The second kappa shape index (κ2) is 6.24. The molecule has 0 radical (unpaired) electrons. The van der Waals surface area contributed by atoms with Crippen molar-refractivity contribution in [1.29, 1.82) is 0 Å². The summed E-state index contributed by atoms with van der Waals surface area (Å²) in [6.07, 6.45) is 2.09. The van der Waals surface area contributed by atoms with Crippen LogP contribution in [-0.2, 0) is 13.0 Å². The maximum atomic E-state index is 6.07. The van der Waals surface area contributed by atoms with Gasteiger partial charge in [0.15, 0.2) is 0 Å². The smallest absolute Gasteiger partial charge is 0.136 e. The largest absolute Gasteiger partial charge is 0.383 e. The third-order valence-electron chi connectivity index (χ3n) is 3.18. The average Bonchev–Trinajstić information content (AvgIpc) is 2.68. The molecule has 1 aromatic carbocycles. The van der Waals surface area contributed by atoms with Gasteiger partial charge in [0.2, 0.25) is 0 Å². The zero-order chi connectivity index (χ0) is 13.8. The molecule has 19 heavy (non-hydrogen) atoms. The summed E-state index contributed by atoms with van der Waals surface area (Å²) in [6.45, 7) is 5.10. The van der Waals surface area contributed by atoms with Crippen LogP contribution in [0.2, 0.25) is 0 Å². The van der Waals surface area contributed by atoms with E-state index in [-0.39, 0.29) is 0 Å². The number of anilines is 1. The Morgan fingerprint density at radius 3 is 2.53 bits per heavy atom. The van der Waals surface area contributed by atoms with E-state index < -0.39 is 0 Å². The fraction of sp³-hybridized carbons (Fsp3) is 0.400. The number of nitrogen functional groups attached to an aromatic ring is 1. The third kappa shape index (κ3) is 3.38. The first kappa shape index (κ1) is 14.1. The minimum absolute atomic E-state index is 0.382. The molecule has 2 rings (SSSR count). The Hall–Kier alpha value is -1.29. The van der Waals surface area contributed by atoms with Gasteiger partial charge >= 0.3 is 0 Å². The van der Waals surface area contributed by atoms with Crippen LogP contribution in [0.1, 0.15) is 37.4 Å². The highest BCUT2D eigenvalue weighted by Gasteiger charge is 2.15. The van der Waals surface area contributed by atoms with Crippen molar-refractivity contribution in [2.24, 2.45) is 0 Å². The summed E-state index contributed by atoms with van der Waals surface area (Å²) in [5.41, 5.74) is 8.47. The van der Waals surface area contributed by atoms with Crippen LogP contribution in [0.15, 0.2) is 34.8 Å². The Kier molecular flexibility index (Phi) is 4.64. The van der Waals surface area contributed by atoms with Crippen molar-refractivity contribution >= 4 is 21.7 Å². The number of aryl methyl sites for hydroxylation is 2. The monoisotopic (exact) mass is 321 g/mol. The van der Waals surface area contributed by atoms with Crippen molar-refractivity contribution in [3.63, 3.8) is 0 Å². The summed E-state index contributed by atoms with van der Waals surface area (Å²) in [5, 5.41) is 4.58. The molecular formula is C15H20BrN3. The van der Waals surface area contributed by atoms with Crippen molar-refractivity contribution in [1.82, 2.24) is 9.78 Å². The molecule has 0 aliphatic carbocycles. The van der Waals surface area contributed by atoms with Crippen LogP contribution in [0, 0.1) is 0 Å². The summed E-state index contributed by atoms with van der Waals surface area (Å²) in [6, 6.07) is 10.5. The number of benzene rings is 1. The van der Waals surface area contributed by atoms with Gasteiger partial charge in [-0.05, 0) is 40.3 Å². The number of nitrogens with zero attached hydrogens (tertiary/aromatic N) is 2. The molecule has 0 spiro atoms. The predicted molar refractivity (Wildman–Crippen MR) is 83.2 cm³/mol. The first-order valence-corrected chi connectivity index (χ1v) is 7.44. The van der Waals surface area contributed by atoms with E-state index in [1.54, 1.807) is 0 Å². The summed E-state index contributed by atoms with van der Waals surface area (Å²) in [4.78, 5) is 0. The molecule has 4 heteroatoms. The molecule has 1 heterocycles. The van der Waals surface area contributed by atoms with Gasteiger partial charge in [-0.3, -0.25) is 0 Å². The first-order valence-electron chi connectivity index (χ1n) is 6.65. The van der Waals surface area contributed by atoms with Crippen LogP contribution in [-0.4, -0.2) is 9.78 Å². The molecule has 3 nitrogen and oxygen atoms in total. The first-order chi connectivity index (χ1) is 9.09. The standard InChI is InChI=1S/C15H20BrN3/c1-11(2)14-13(16)15(17)19(18-14)10-6-9-12-7-4-3-5-8-12/h3-5,7-8,11H,6,9-10,17H2,1-2H3. The fourth-order valence-electron chi connectivity index (χ4n) is 2.09. The minimum Gasteiger partial charge on any atom is -0.383 e. The van der Waals surface area contributed by atoms with E-state index in [1.807, 2.05) is 10.7 Å². The summed E-state index contributed by atoms with van der Waals surface area (Å²) in [5.74, 6) is 1.11. The number of halogens is 1. The van der Waals surface area contributed by atoms with Gasteiger partial charge in [-0.2, -0.15) is 5.10 Å². The van der Waals surface area contributed by atoms with E-state index in [4.69, 9.17) is 5.73 Å². The van der Waals surface area contributed by atoms with E-state index in [2.05, 4.69) is 59.1 Å². The average molecular weight is 322 g/mol. The number of aromatic nitrogens is 2. The van der Waals surface area contributed by atoms with E-state index in [9.17, 15) is 0 Å². The number of nitrogens with two attached hydrogens (primary N) is 1. The highest BCUT2D eigenvalue weighted by molar-refractivity contribution is 9.10. The maximum Gasteiger partial charge on any atom is 0.136 e. The number of rotatable bonds is 5. The molecule has 1 aromatic heterocycles. The molecule has 0 bridgehead atoms. The van der Waals surface area contributed by atoms with Gasteiger partial charge in [0.25, 0.3) is 0 Å². The Morgan fingerprint density at radius 1 is 1.26 bits per heavy atom. The van der Waals surface area contributed by atoms with Crippen molar-refractivity contribution < 1.29 is 0 Å². The second-order valence-corrected chi connectivity index (χ2v) is 5.84. The highest BCUT2D eigenvalue weighted by atomic mass is 79.9. The lowest BCUT2D eigenvalue weighted by Gasteiger charge is -2.04. The van der Waals surface area contributed by atoms with Crippen LogP contribution in [0.3, 0.4) is 0 Å². The molecule has 0 fully saturated rings. The van der Waals surface area contributed by atoms with E-state index >= 15 is 0 Å². The van der Waals surface area contributed by atoms with Gasteiger partial charge in [-0.25, -0.2) is 4.68 Å². The zero-order valence-corrected chi connectivity index (χ0v) is 13.0. The molecule has 0 atom stereocenters. The van der Waals surface area contributed by atoms with Crippen molar-refractivity contribution in [2.45, 2.75) is 39.2 Å². The summed E-state index contributed by atoms with van der Waals surface area (Å²) >= 11 is 3.53. The van der Waals surface area contributed by atoms with Crippen LogP contribution >= 0.6 is 15.9 Å². The Bertz CT molecular complexity index is 532. The molecular weight excluding hydrogens is 302 g/mol. The van der Waals surface area contributed by atoms with Crippen LogP contribution < -0.4 is 5.73 Å². The molecule has 2 aromatic rings. The maximum absolute atomic E-state index is 6.07. The quantitative estimate of drug-likeness (QED) is 0.905. The van der Waals surface area contributed by atoms with Gasteiger partial charge < -0.3 is 5.73 Å². The molecule has 0 unspecified atom stereocenters. The topological polar surface area (TPSA) is 43.8 Å². The van der Waals surface area contributed by atoms with E-state index in [1.165, 1.54) is 5.56 Å². The van der Waals surface area contributed by atoms with Gasteiger partial charge in [-0.15, -0.1) is 0 Å². The summed E-state index contributed by atoms with van der Waals surface area (Å²) < 4.78 is 2.85. The Balaban J connectivity index is 1.98. The molecule has 2 N–H and O–H groups in total. The zero-order valence-electron chi connectivity index (χ0n) is 11.4. The molecule has 0 aliphatic heterocycles. The van der Waals surface area contributed by atoms with Gasteiger partial charge in [0.05, 0.1) is 10.2 Å². The van der Waals surface area contributed by atoms with Gasteiger partial charge in [0.1, 0.15) is 5.82 Å². The van der Waals surface area contributed by atoms with Crippen LogP contribution in [0.4, 0.5) is 5.82 Å². The molecule has 0 amide bonds. The van der Waals surface area contributed by atoms with Crippen molar-refractivity contribution in [3.8, 4) is 0 Å². The summed E-state index contributed by atoms with van der Waals surface area (Å²) in [7, 11) is 0. The van der Waals surface area contributed by atoms with Gasteiger partial charge in [-0.1, -0.05) is 44.2 Å². The predicted octanol–water partition coefficient (Wildman–Crippen LogP) is 3.98. The van der Waals surface area contributed by atoms with Crippen LogP contribution in [0.5, 0.6) is 0 Å². The minimum atomic E-state index is 0.382. The molecule has 0 aliphatic rings. The second-order valence-electron chi connectivity index (χ2n) is 5.05. The lowest BCUT2D eigenvalue weighted by Crippen LogP contribution is -2.06. The Labute approximate surface area is 122 Å². The lowest BCUT2D eigenvalue weighted by atomic mass is 10.1. The van der Waals surface area contributed by atoms with Crippen molar-refractivity contribution in [3.05, 3.63) is 46.1 Å². The van der Waals surface area contributed by atoms with Crippen LogP contribution in [0.25, 0.3) is 0 Å². The lowest BCUT2D eigenvalue weighted by molar-refractivity contribution is 0.574. The molecule has 0 saturated carbocycles. The molecule has 0 saturated heterocycles. The molecule has 102 valence electrons. The van der Waals surface area contributed by atoms with E-state index in [0.29, 0.717) is 5.92 Å². The number of hydrogen-bond donors (Lipinski definition) is 1. The van der Waals surface area contributed by atoms with E-state index in [0.717, 1.165) is 35.4 Å². The number of hydrogen-bond acceptors (Lipinski definition) is 2. The highest BCUT2D eigenvalue weighted by Crippen LogP contribution is 2.29. The normalized spacial score (nSPS) is 11.2. The SMILES string of the molecule is CC(C)c1nn(CCCc2ccccc2)c(N)c1Br. The fourth-order valence-corrected chi connectivity index (χ4v) is 2.83.